The summed E-state index contributed by atoms with van der Waals surface area (Å²) in [6.45, 7) is 5.04. The van der Waals surface area contributed by atoms with E-state index >= 15 is 0 Å². The Kier molecular flexibility index (Phi) is 4.99. The van der Waals surface area contributed by atoms with Gasteiger partial charge in [0.2, 0.25) is 0 Å². The number of nitrogens with zero attached hydrogens (tertiary/aromatic N) is 2. The Balaban J connectivity index is 2.40. The molecule has 1 aromatic heterocycles. The smallest absolute Gasteiger partial charge is 0.161 e. The molecule has 0 fully saturated rings. The van der Waals surface area contributed by atoms with Crippen LogP contribution in [0.15, 0.2) is 24.3 Å². The second-order valence-corrected chi connectivity index (χ2v) is 5.74. The van der Waals surface area contributed by atoms with E-state index in [1.165, 1.54) is 0 Å². The van der Waals surface area contributed by atoms with Crippen LogP contribution in [0.1, 0.15) is 19.0 Å². The first kappa shape index (κ1) is 14.5. The minimum Gasteiger partial charge on any atom is -0.369 e. The molecule has 3 nitrogen and oxygen atoms in total. The number of aryl methyl sites for hydroxylation is 1. The molecule has 100 valence electrons. The molecule has 1 aromatic carbocycles. The zero-order valence-corrected chi connectivity index (χ0v) is 13.8. The number of rotatable bonds is 4. The third kappa shape index (κ3) is 3.57. The fraction of sp³-hybridized carbons (Fsp3) is 0.286. The Morgan fingerprint density at radius 1 is 1.21 bits per heavy atom. The Labute approximate surface area is 132 Å². The quantitative estimate of drug-likeness (QED) is 0.783. The van der Waals surface area contributed by atoms with Gasteiger partial charge in [-0.15, -0.1) is 0 Å². The minimum absolute atomic E-state index is 0.718. The highest BCUT2D eigenvalue weighted by Gasteiger charge is 2.10. The lowest BCUT2D eigenvalue weighted by Gasteiger charge is -2.10. The molecule has 0 aliphatic carbocycles. The van der Waals surface area contributed by atoms with Gasteiger partial charge in [-0.1, -0.05) is 18.5 Å². The van der Waals surface area contributed by atoms with Gasteiger partial charge in [0, 0.05) is 17.1 Å². The van der Waals surface area contributed by atoms with E-state index in [1.807, 2.05) is 31.2 Å². The van der Waals surface area contributed by atoms with E-state index in [0.29, 0.717) is 0 Å². The van der Waals surface area contributed by atoms with Gasteiger partial charge in [-0.3, -0.25) is 0 Å². The third-order valence-electron chi connectivity index (χ3n) is 2.66. The van der Waals surface area contributed by atoms with Crippen molar-refractivity contribution in [1.29, 1.82) is 0 Å². The van der Waals surface area contributed by atoms with Crippen molar-refractivity contribution < 1.29 is 0 Å². The normalized spacial score (nSPS) is 10.5. The van der Waals surface area contributed by atoms with E-state index < -0.39 is 0 Å². The van der Waals surface area contributed by atoms with Crippen LogP contribution in [0.3, 0.4) is 0 Å². The Morgan fingerprint density at radius 3 is 2.53 bits per heavy atom. The van der Waals surface area contributed by atoms with Gasteiger partial charge in [0.1, 0.15) is 5.82 Å². The fourth-order valence-electron chi connectivity index (χ4n) is 1.65. The Bertz CT molecular complexity index is 570. The molecule has 0 unspecified atom stereocenters. The molecule has 0 atom stereocenters. The predicted molar refractivity (Wildman–Crippen MR) is 88.7 cm³/mol. The number of anilines is 1. The highest BCUT2D eigenvalue weighted by atomic mass is 127. The van der Waals surface area contributed by atoms with Crippen molar-refractivity contribution in [2.45, 2.75) is 20.3 Å². The first-order chi connectivity index (χ1) is 9.11. The van der Waals surface area contributed by atoms with Gasteiger partial charge in [-0.2, -0.15) is 0 Å². The van der Waals surface area contributed by atoms with Crippen molar-refractivity contribution in [2.75, 3.05) is 11.9 Å². The van der Waals surface area contributed by atoms with E-state index in [1.54, 1.807) is 0 Å². The standard InChI is InChI=1S/C14H15ClIN3/c1-3-8-17-14-12(16)9(2)18-13(19-14)10-4-6-11(15)7-5-10/h4-7H,3,8H2,1-2H3,(H,17,18,19). The average Bonchev–Trinajstić information content (AvgIpc) is 2.41. The maximum Gasteiger partial charge on any atom is 0.161 e. The average molecular weight is 388 g/mol. The molecule has 0 aliphatic rings. The van der Waals surface area contributed by atoms with Gasteiger partial charge in [0.25, 0.3) is 0 Å². The lowest BCUT2D eigenvalue weighted by Crippen LogP contribution is -2.07. The number of hydrogen-bond donors (Lipinski definition) is 1. The largest absolute Gasteiger partial charge is 0.369 e. The molecular weight excluding hydrogens is 373 g/mol. The molecule has 1 heterocycles. The van der Waals surface area contributed by atoms with Crippen LogP contribution in [-0.4, -0.2) is 16.5 Å². The molecule has 0 amide bonds. The molecule has 2 aromatic rings. The van der Waals surface area contributed by atoms with Gasteiger partial charge < -0.3 is 5.32 Å². The summed E-state index contributed by atoms with van der Waals surface area (Å²) < 4.78 is 1.07. The highest BCUT2D eigenvalue weighted by Crippen LogP contribution is 2.24. The lowest BCUT2D eigenvalue weighted by molar-refractivity contribution is 0.958. The molecule has 2 rings (SSSR count). The lowest BCUT2D eigenvalue weighted by atomic mass is 10.2. The number of benzene rings is 1. The SMILES string of the molecule is CCCNc1nc(-c2ccc(Cl)cc2)nc(C)c1I. The third-order valence-corrected chi connectivity index (χ3v) is 4.21. The fourth-order valence-corrected chi connectivity index (χ4v) is 2.21. The van der Waals surface area contributed by atoms with Crippen LogP contribution in [0.4, 0.5) is 5.82 Å². The van der Waals surface area contributed by atoms with Crippen LogP contribution in [-0.2, 0) is 0 Å². The van der Waals surface area contributed by atoms with Crippen LogP contribution >= 0.6 is 34.2 Å². The summed E-state index contributed by atoms with van der Waals surface area (Å²) in [5, 5.41) is 4.06. The summed E-state index contributed by atoms with van der Waals surface area (Å²) in [6, 6.07) is 7.58. The molecule has 0 saturated heterocycles. The van der Waals surface area contributed by atoms with Crippen molar-refractivity contribution >= 4 is 40.0 Å². The van der Waals surface area contributed by atoms with Crippen molar-refractivity contribution in [1.82, 2.24) is 9.97 Å². The highest BCUT2D eigenvalue weighted by molar-refractivity contribution is 14.1. The van der Waals surface area contributed by atoms with Crippen LogP contribution < -0.4 is 5.32 Å². The van der Waals surface area contributed by atoms with E-state index in [4.69, 9.17) is 11.6 Å². The summed E-state index contributed by atoms with van der Waals surface area (Å²) in [5.74, 6) is 1.63. The molecule has 0 spiro atoms. The summed E-state index contributed by atoms with van der Waals surface area (Å²) >= 11 is 8.18. The van der Waals surface area contributed by atoms with Crippen molar-refractivity contribution in [3.8, 4) is 11.4 Å². The summed E-state index contributed by atoms with van der Waals surface area (Å²) in [5.41, 5.74) is 1.96. The van der Waals surface area contributed by atoms with Crippen molar-refractivity contribution in [3.05, 3.63) is 38.6 Å². The molecule has 0 aliphatic heterocycles. The number of nitrogens with one attached hydrogen (secondary N) is 1. The van der Waals surface area contributed by atoms with E-state index in [-0.39, 0.29) is 0 Å². The molecule has 0 radical (unpaired) electrons. The van der Waals surface area contributed by atoms with Gasteiger partial charge in [0.05, 0.1) is 9.26 Å². The van der Waals surface area contributed by atoms with Gasteiger partial charge in [-0.05, 0) is 60.2 Å². The predicted octanol–water partition coefficient (Wildman–Crippen LogP) is 4.53. The minimum atomic E-state index is 0.718. The monoisotopic (exact) mass is 387 g/mol. The van der Waals surface area contributed by atoms with E-state index in [2.05, 4.69) is 44.8 Å². The van der Waals surface area contributed by atoms with Crippen LogP contribution in [0.25, 0.3) is 11.4 Å². The van der Waals surface area contributed by atoms with Crippen molar-refractivity contribution in [2.24, 2.45) is 0 Å². The second kappa shape index (κ2) is 6.52. The Morgan fingerprint density at radius 2 is 1.89 bits per heavy atom. The van der Waals surface area contributed by atoms with Crippen LogP contribution in [0.5, 0.6) is 0 Å². The molecule has 5 heteroatoms. The van der Waals surface area contributed by atoms with Gasteiger partial charge >= 0.3 is 0 Å². The van der Waals surface area contributed by atoms with Crippen LogP contribution in [0.2, 0.25) is 5.02 Å². The summed E-state index contributed by atoms with van der Waals surface area (Å²) in [6.07, 6.45) is 1.06. The van der Waals surface area contributed by atoms with E-state index in [0.717, 1.165) is 44.5 Å². The maximum atomic E-state index is 5.90. The van der Waals surface area contributed by atoms with Gasteiger partial charge in [0.15, 0.2) is 5.82 Å². The first-order valence-electron chi connectivity index (χ1n) is 6.15. The number of aromatic nitrogens is 2. The molecule has 0 saturated carbocycles. The zero-order chi connectivity index (χ0) is 13.8. The Hall–Kier alpha value is -0.880. The van der Waals surface area contributed by atoms with Crippen LogP contribution in [0, 0.1) is 10.5 Å². The first-order valence-corrected chi connectivity index (χ1v) is 7.61. The molecule has 0 bridgehead atoms. The number of halogens is 2. The second-order valence-electron chi connectivity index (χ2n) is 4.23. The maximum absolute atomic E-state index is 5.90. The number of hydrogen-bond acceptors (Lipinski definition) is 3. The summed E-state index contributed by atoms with van der Waals surface area (Å²) in [4.78, 5) is 9.14. The summed E-state index contributed by atoms with van der Waals surface area (Å²) in [7, 11) is 0. The zero-order valence-electron chi connectivity index (χ0n) is 10.9. The van der Waals surface area contributed by atoms with Crippen molar-refractivity contribution in [3.63, 3.8) is 0 Å². The van der Waals surface area contributed by atoms with E-state index in [9.17, 15) is 0 Å². The molecule has 19 heavy (non-hydrogen) atoms. The van der Waals surface area contributed by atoms with Gasteiger partial charge in [-0.25, -0.2) is 9.97 Å². The molecular formula is C14H15ClIN3. The topological polar surface area (TPSA) is 37.8 Å². The molecule has 1 N–H and O–H groups in total.